The lowest BCUT2D eigenvalue weighted by Crippen LogP contribution is -2.39. The summed E-state index contributed by atoms with van der Waals surface area (Å²) in [5.74, 6) is 0.00200. The van der Waals surface area contributed by atoms with Gasteiger partial charge in [0.25, 0.3) is 0 Å². The van der Waals surface area contributed by atoms with E-state index < -0.39 is 11.4 Å². The molecule has 18 heavy (non-hydrogen) atoms. The third-order valence-corrected chi connectivity index (χ3v) is 3.80. The lowest BCUT2D eigenvalue weighted by Gasteiger charge is -2.27. The predicted octanol–water partition coefficient (Wildman–Crippen LogP) is 2.12. The third-order valence-electron chi connectivity index (χ3n) is 3.80. The fourth-order valence-electron chi connectivity index (χ4n) is 2.48. The molecule has 1 N–H and O–H groups in total. The highest BCUT2D eigenvalue weighted by atomic mass is 16.5. The minimum absolute atomic E-state index is 0.253. The third kappa shape index (κ3) is 2.20. The number of rotatable bonds is 4. The molecule has 1 heterocycles. The summed E-state index contributed by atoms with van der Waals surface area (Å²) in [5.41, 5.74) is 0.199. The standard InChI is InChI=1S/C14H18O4/c1-10-14(13(15)16,7-8-18-10)9-11-3-5-12(17-2)6-4-11/h3-6,10H,7-9H2,1-2H3,(H,15,16). The van der Waals surface area contributed by atoms with Gasteiger partial charge in [-0.15, -0.1) is 0 Å². The van der Waals surface area contributed by atoms with Crippen molar-refractivity contribution in [2.45, 2.75) is 25.9 Å². The first-order valence-corrected chi connectivity index (χ1v) is 6.06. The molecular weight excluding hydrogens is 232 g/mol. The first kappa shape index (κ1) is 12.9. The van der Waals surface area contributed by atoms with Gasteiger partial charge in [0.15, 0.2) is 0 Å². The number of ether oxygens (including phenoxy) is 2. The van der Waals surface area contributed by atoms with Crippen molar-refractivity contribution in [3.63, 3.8) is 0 Å². The summed E-state index contributed by atoms with van der Waals surface area (Å²) in [4.78, 5) is 11.6. The molecule has 0 radical (unpaired) electrons. The number of methoxy groups -OCH3 is 1. The van der Waals surface area contributed by atoms with E-state index in [1.807, 2.05) is 31.2 Å². The van der Waals surface area contributed by atoms with E-state index in [1.54, 1.807) is 7.11 Å². The van der Waals surface area contributed by atoms with Gasteiger partial charge in [-0.1, -0.05) is 12.1 Å². The molecule has 0 spiro atoms. The van der Waals surface area contributed by atoms with Gasteiger partial charge in [0.2, 0.25) is 0 Å². The number of hydrogen-bond donors (Lipinski definition) is 1. The Bertz CT molecular complexity index is 426. The maximum Gasteiger partial charge on any atom is 0.312 e. The smallest absolute Gasteiger partial charge is 0.312 e. The molecule has 1 aliphatic rings. The second kappa shape index (κ2) is 4.98. The first-order valence-electron chi connectivity index (χ1n) is 6.06. The molecule has 4 heteroatoms. The number of aliphatic carboxylic acids is 1. The Kier molecular flexibility index (Phi) is 3.57. The Morgan fingerprint density at radius 1 is 1.50 bits per heavy atom. The maximum atomic E-state index is 11.6. The van der Waals surface area contributed by atoms with E-state index in [-0.39, 0.29) is 6.10 Å². The van der Waals surface area contributed by atoms with Gasteiger partial charge < -0.3 is 14.6 Å². The molecule has 4 nitrogen and oxygen atoms in total. The molecule has 1 aliphatic heterocycles. The number of benzene rings is 1. The summed E-state index contributed by atoms with van der Waals surface area (Å²) in [7, 11) is 1.61. The van der Waals surface area contributed by atoms with Crippen molar-refractivity contribution < 1.29 is 19.4 Å². The van der Waals surface area contributed by atoms with Crippen LogP contribution in [0.1, 0.15) is 18.9 Å². The van der Waals surface area contributed by atoms with E-state index in [0.717, 1.165) is 11.3 Å². The lowest BCUT2D eigenvalue weighted by molar-refractivity contribution is -0.151. The highest BCUT2D eigenvalue weighted by Crippen LogP contribution is 2.38. The topological polar surface area (TPSA) is 55.8 Å². The van der Waals surface area contributed by atoms with Crippen molar-refractivity contribution in [3.05, 3.63) is 29.8 Å². The van der Waals surface area contributed by atoms with Crippen molar-refractivity contribution in [3.8, 4) is 5.75 Å². The van der Waals surface area contributed by atoms with Crippen LogP contribution in [-0.4, -0.2) is 30.9 Å². The summed E-state index contributed by atoms with van der Waals surface area (Å²) in [5, 5.41) is 9.49. The van der Waals surface area contributed by atoms with E-state index in [1.165, 1.54) is 0 Å². The normalized spacial score (nSPS) is 27.1. The van der Waals surface area contributed by atoms with Crippen LogP contribution in [0.3, 0.4) is 0 Å². The molecule has 0 bridgehead atoms. The fraction of sp³-hybridized carbons (Fsp3) is 0.500. The SMILES string of the molecule is COc1ccc(CC2(C(=O)O)CCOC2C)cc1. The van der Waals surface area contributed by atoms with Crippen LogP contribution in [0, 0.1) is 5.41 Å². The van der Waals surface area contributed by atoms with Crippen LogP contribution >= 0.6 is 0 Å². The molecule has 0 amide bonds. The van der Waals surface area contributed by atoms with E-state index in [9.17, 15) is 9.90 Å². The van der Waals surface area contributed by atoms with Gasteiger partial charge in [-0.3, -0.25) is 4.79 Å². The first-order chi connectivity index (χ1) is 8.58. The Balaban J connectivity index is 2.21. The molecule has 2 unspecified atom stereocenters. The van der Waals surface area contributed by atoms with E-state index in [4.69, 9.17) is 9.47 Å². The molecule has 0 aliphatic carbocycles. The Morgan fingerprint density at radius 2 is 2.17 bits per heavy atom. The zero-order chi connectivity index (χ0) is 13.2. The van der Waals surface area contributed by atoms with Crippen LogP contribution in [-0.2, 0) is 16.0 Å². The summed E-state index contributed by atoms with van der Waals surface area (Å²) < 4.78 is 10.5. The van der Waals surface area contributed by atoms with Gasteiger partial charge in [-0.25, -0.2) is 0 Å². The molecule has 1 aromatic rings. The number of carboxylic acids is 1. The van der Waals surface area contributed by atoms with Gasteiger partial charge in [0.1, 0.15) is 5.75 Å². The van der Waals surface area contributed by atoms with Crippen LogP contribution in [0.2, 0.25) is 0 Å². The molecule has 0 saturated carbocycles. The van der Waals surface area contributed by atoms with Gasteiger partial charge >= 0.3 is 5.97 Å². The van der Waals surface area contributed by atoms with Gasteiger partial charge in [-0.2, -0.15) is 0 Å². The quantitative estimate of drug-likeness (QED) is 0.889. The number of carbonyl (C=O) groups is 1. The summed E-state index contributed by atoms with van der Waals surface area (Å²) in [6.45, 7) is 2.36. The van der Waals surface area contributed by atoms with Gasteiger partial charge in [0.05, 0.1) is 18.6 Å². The second-order valence-corrected chi connectivity index (χ2v) is 4.75. The molecular formula is C14H18O4. The average Bonchev–Trinajstić information content (AvgIpc) is 2.73. The average molecular weight is 250 g/mol. The second-order valence-electron chi connectivity index (χ2n) is 4.75. The highest BCUT2D eigenvalue weighted by Gasteiger charge is 2.48. The van der Waals surface area contributed by atoms with Crippen molar-refractivity contribution in [1.29, 1.82) is 0 Å². The van der Waals surface area contributed by atoms with Crippen molar-refractivity contribution in [2.75, 3.05) is 13.7 Å². The Hall–Kier alpha value is -1.55. The van der Waals surface area contributed by atoms with E-state index >= 15 is 0 Å². The largest absolute Gasteiger partial charge is 0.497 e. The summed E-state index contributed by atoms with van der Waals surface area (Å²) in [6, 6.07) is 7.53. The van der Waals surface area contributed by atoms with Crippen LogP contribution in [0.4, 0.5) is 0 Å². The predicted molar refractivity (Wildman–Crippen MR) is 66.8 cm³/mol. The molecule has 2 rings (SSSR count). The molecule has 2 atom stereocenters. The molecule has 1 aromatic carbocycles. The molecule has 1 fully saturated rings. The van der Waals surface area contributed by atoms with Gasteiger partial charge in [0, 0.05) is 6.61 Å². The monoisotopic (exact) mass is 250 g/mol. The van der Waals surface area contributed by atoms with Crippen LogP contribution in [0.15, 0.2) is 24.3 Å². The van der Waals surface area contributed by atoms with Crippen LogP contribution in [0.5, 0.6) is 5.75 Å². The Labute approximate surface area is 107 Å². The van der Waals surface area contributed by atoms with E-state index in [2.05, 4.69) is 0 Å². The highest BCUT2D eigenvalue weighted by molar-refractivity contribution is 5.76. The van der Waals surface area contributed by atoms with Crippen molar-refractivity contribution in [1.82, 2.24) is 0 Å². The van der Waals surface area contributed by atoms with Crippen LogP contribution in [0.25, 0.3) is 0 Å². The van der Waals surface area contributed by atoms with Crippen LogP contribution < -0.4 is 4.74 Å². The molecule has 1 saturated heterocycles. The number of hydrogen-bond acceptors (Lipinski definition) is 3. The molecule has 98 valence electrons. The van der Waals surface area contributed by atoms with E-state index in [0.29, 0.717) is 19.4 Å². The summed E-state index contributed by atoms with van der Waals surface area (Å²) in [6.07, 6.45) is 0.806. The zero-order valence-corrected chi connectivity index (χ0v) is 10.7. The van der Waals surface area contributed by atoms with Crippen molar-refractivity contribution >= 4 is 5.97 Å². The summed E-state index contributed by atoms with van der Waals surface area (Å²) >= 11 is 0. The fourth-order valence-corrected chi connectivity index (χ4v) is 2.48. The maximum absolute atomic E-state index is 11.6. The minimum Gasteiger partial charge on any atom is -0.497 e. The Morgan fingerprint density at radius 3 is 2.61 bits per heavy atom. The van der Waals surface area contributed by atoms with Crippen molar-refractivity contribution in [2.24, 2.45) is 5.41 Å². The van der Waals surface area contributed by atoms with Gasteiger partial charge in [-0.05, 0) is 37.5 Å². The minimum atomic E-state index is -0.797. The zero-order valence-electron chi connectivity index (χ0n) is 10.7. The number of carboxylic acid groups (broad SMARTS) is 1. The molecule has 0 aromatic heterocycles. The lowest BCUT2D eigenvalue weighted by atomic mass is 9.76.